The Labute approximate surface area is 156 Å². The van der Waals surface area contributed by atoms with Gasteiger partial charge in [0.2, 0.25) is 5.91 Å². The molecule has 1 amide bonds. The van der Waals surface area contributed by atoms with Crippen LogP contribution in [0.2, 0.25) is 5.02 Å². The van der Waals surface area contributed by atoms with E-state index in [4.69, 9.17) is 11.6 Å². The zero-order valence-electron chi connectivity index (χ0n) is 13.9. The fourth-order valence-electron chi connectivity index (χ4n) is 2.80. The van der Waals surface area contributed by atoms with Gasteiger partial charge in [-0.25, -0.2) is 4.98 Å². The van der Waals surface area contributed by atoms with E-state index in [1.54, 1.807) is 22.4 Å². The topological polar surface area (TPSA) is 33.2 Å². The van der Waals surface area contributed by atoms with Crippen LogP contribution in [0.4, 0.5) is 0 Å². The average Bonchev–Trinajstić information content (AvgIpc) is 3.14. The Bertz CT molecular complexity index is 821. The van der Waals surface area contributed by atoms with E-state index in [1.807, 2.05) is 67.0 Å². The molecule has 0 spiro atoms. The van der Waals surface area contributed by atoms with E-state index in [9.17, 15) is 4.79 Å². The quantitative estimate of drug-likeness (QED) is 0.613. The van der Waals surface area contributed by atoms with Crippen molar-refractivity contribution < 1.29 is 4.79 Å². The minimum absolute atomic E-state index is 0.0684. The number of amides is 1. The van der Waals surface area contributed by atoms with Crippen molar-refractivity contribution >= 4 is 28.8 Å². The first-order valence-electron chi connectivity index (χ1n) is 8.07. The fourth-order valence-corrected chi connectivity index (χ4v) is 3.74. The van der Waals surface area contributed by atoms with Gasteiger partial charge in [0.1, 0.15) is 5.01 Å². The van der Waals surface area contributed by atoms with Crippen molar-refractivity contribution in [2.75, 3.05) is 7.05 Å². The summed E-state index contributed by atoms with van der Waals surface area (Å²) < 4.78 is 0. The standard InChI is InChI=1S/C20H19ClN2OS/c1-23(14-19-22-11-12-25-19)20(24)13-17(15-7-3-2-4-8-15)16-9-5-6-10-18(16)21/h2-12,17H,13-14H2,1H3/t17-/m0/s1. The normalized spacial score (nSPS) is 11.9. The van der Waals surface area contributed by atoms with Crippen LogP contribution < -0.4 is 0 Å². The molecule has 0 fully saturated rings. The maximum Gasteiger partial charge on any atom is 0.223 e. The maximum absolute atomic E-state index is 12.8. The van der Waals surface area contributed by atoms with Gasteiger partial charge in [0, 0.05) is 36.0 Å². The maximum atomic E-state index is 12.8. The molecule has 0 aliphatic carbocycles. The summed E-state index contributed by atoms with van der Waals surface area (Å²) in [4.78, 5) is 18.8. The van der Waals surface area contributed by atoms with Crippen LogP contribution in [0.15, 0.2) is 66.2 Å². The summed E-state index contributed by atoms with van der Waals surface area (Å²) in [7, 11) is 1.82. The molecule has 1 atom stereocenters. The van der Waals surface area contributed by atoms with Crippen molar-refractivity contribution in [3.63, 3.8) is 0 Å². The van der Waals surface area contributed by atoms with Crippen molar-refractivity contribution in [3.8, 4) is 0 Å². The third-order valence-corrected chi connectivity index (χ3v) is 5.25. The number of carbonyl (C=O) groups is 1. The highest BCUT2D eigenvalue weighted by molar-refractivity contribution is 7.09. The predicted molar refractivity (Wildman–Crippen MR) is 103 cm³/mol. The Morgan fingerprint density at radius 2 is 1.88 bits per heavy atom. The van der Waals surface area contributed by atoms with Crippen molar-refractivity contribution in [1.82, 2.24) is 9.88 Å². The van der Waals surface area contributed by atoms with Gasteiger partial charge in [-0.05, 0) is 17.2 Å². The van der Waals surface area contributed by atoms with Crippen molar-refractivity contribution in [3.05, 3.63) is 87.3 Å². The lowest BCUT2D eigenvalue weighted by molar-refractivity contribution is -0.130. The third-order valence-electron chi connectivity index (χ3n) is 4.14. The number of hydrogen-bond acceptors (Lipinski definition) is 3. The monoisotopic (exact) mass is 370 g/mol. The fraction of sp³-hybridized carbons (Fsp3) is 0.200. The van der Waals surface area contributed by atoms with E-state index in [-0.39, 0.29) is 11.8 Å². The second-order valence-electron chi connectivity index (χ2n) is 5.86. The molecule has 2 aromatic carbocycles. The van der Waals surface area contributed by atoms with Crippen LogP contribution in [0.1, 0.15) is 28.5 Å². The smallest absolute Gasteiger partial charge is 0.223 e. The largest absolute Gasteiger partial charge is 0.339 e. The van der Waals surface area contributed by atoms with Gasteiger partial charge in [-0.3, -0.25) is 4.79 Å². The zero-order chi connectivity index (χ0) is 17.6. The first-order valence-corrected chi connectivity index (χ1v) is 9.32. The van der Waals surface area contributed by atoms with E-state index in [0.29, 0.717) is 18.0 Å². The summed E-state index contributed by atoms with van der Waals surface area (Å²) >= 11 is 7.97. The van der Waals surface area contributed by atoms with E-state index in [2.05, 4.69) is 4.98 Å². The van der Waals surface area contributed by atoms with E-state index >= 15 is 0 Å². The molecule has 25 heavy (non-hydrogen) atoms. The third kappa shape index (κ3) is 4.47. The number of carbonyl (C=O) groups excluding carboxylic acids is 1. The van der Waals surface area contributed by atoms with Gasteiger partial charge in [0.15, 0.2) is 0 Å². The van der Waals surface area contributed by atoms with Gasteiger partial charge in [-0.1, -0.05) is 60.1 Å². The van der Waals surface area contributed by atoms with Crippen LogP contribution in [0.25, 0.3) is 0 Å². The molecule has 0 N–H and O–H groups in total. The molecule has 1 heterocycles. The van der Waals surface area contributed by atoms with Crippen LogP contribution >= 0.6 is 22.9 Å². The van der Waals surface area contributed by atoms with Crippen molar-refractivity contribution in [2.24, 2.45) is 0 Å². The second-order valence-corrected chi connectivity index (χ2v) is 7.25. The molecular formula is C20H19ClN2OS. The SMILES string of the molecule is CN(Cc1nccs1)C(=O)C[C@@H](c1ccccc1)c1ccccc1Cl. The number of hydrogen-bond donors (Lipinski definition) is 0. The van der Waals surface area contributed by atoms with Gasteiger partial charge in [-0.2, -0.15) is 0 Å². The summed E-state index contributed by atoms with van der Waals surface area (Å²) in [6, 6.07) is 17.8. The zero-order valence-corrected chi connectivity index (χ0v) is 15.5. The van der Waals surface area contributed by atoms with Crippen LogP contribution in [0.5, 0.6) is 0 Å². The lowest BCUT2D eigenvalue weighted by atomic mass is 9.88. The molecule has 0 radical (unpaired) electrons. The summed E-state index contributed by atoms with van der Waals surface area (Å²) in [6.07, 6.45) is 2.13. The van der Waals surface area contributed by atoms with E-state index < -0.39 is 0 Å². The number of halogens is 1. The molecule has 3 nitrogen and oxygen atoms in total. The minimum atomic E-state index is -0.0684. The number of benzene rings is 2. The molecule has 3 rings (SSSR count). The molecule has 0 saturated carbocycles. The molecular weight excluding hydrogens is 352 g/mol. The summed E-state index contributed by atoms with van der Waals surface area (Å²) in [5.74, 6) is 0.00474. The summed E-state index contributed by atoms with van der Waals surface area (Å²) in [5, 5.41) is 3.54. The predicted octanol–water partition coefficient (Wildman–Crippen LogP) is 4.98. The molecule has 0 aliphatic heterocycles. The summed E-state index contributed by atoms with van der Waals surface area (Å²) in [6.45, 7) is 0.528. The Kier molecular flexibility index (Phi) is 5.84. The second kappa shape index (κ2) is 8.28. The Balaban J connectivity index is 1.83. The minimum Gasteiger partial charge on any atom is -0.339 e. The highest BCUT2D eigenvalue weighted by Gasteiger charge is 2.22. The van der Waals surface area contributed by atoms with Gasteiger partial charge < -0.3 is 4.90 Å². The number of rotatable bonds is 6. The molecule has 0 unspecified atom stereocenters. The average molecular weight is 371 g/mol. The Morgan fingerprint density at radius 1 is 1.16 bits per heavy atom. The van der Waals surface area contributed by atoms with Crippen LogP contribution in [0, 0.1) is 0 Å². The van der Waals surface area contributed by atoms with Crippen LogP contribution in [-0.2, 0) is 11.3 Å². The molecule has 3 aromatic rings. The number of aromatic nitrogens is 1. The van der Waals surface area contributed by atoms with Crippen LogP contribution in [-0.4, -0.2) is 22.8 Å². The lowest BCUT2D eigenvalue weighted by Gasteiger charge is -2.22. The van der Waals surface area contributed by atoms with Crippen molar-refractivity contribution in [2.45, 2.75) is 18.9 Å². The molecule has 1 aromatic heterocycles. The van der Waals surface area contributed by atoms with Crippen molar-refractivity contribution in [1.29, 1.82) is 0 Å². The first-order chi connectivity index (χ1) is 12.1. The molecule has 0 aliphatic rings. The molecule has 5 heteroatoms. The number of thiazole rings is 1. The van der Waals surface area contributed by atoms with E-state index in [0.717, 1.165) is 16.1 Å². The van der Waals surface area contributed by atoms with E-state index in [1.165, 1.54) is 0 Å². The Hall–Kier alpha value is -2.17. The highest BCUT2D eigenvalue weighted by Crippen LogP contribution is 2.33. The van der Waals surface area contributed by atoms with Crippen LogP contribution in [0.3, 0.4) is 0 Å². The molecule has 0 saturated heterocycles. The highest BCUT2D eigenvalue weighted by atomic mass is 35.5. The molecule has 0 bridgehead atoms. The number of nitrogens with zero attached hydrogens (tertiary/aromatic N) is 2. The lowest BCUT2D eigenvalue weighted by Crippen LogP contribution is -2.27. The molecule has 128 valence electrons. The van der Waals surface area contributed by atoms with Gasteiger partial charge in [-0.15, -0.1) is 11.3 Å². The van der Waals surface area contributed by atoms with Gasteiger partial charge in [0.25, 0.3) is 0 Å². The first kappa shape index (κ1) is 17.6. The Morgan fingerprint density at radius 3 is 2.56 bits per heavy atom. The van der Waals surface area contributed by atoms with Gasteiger partial charge in [0.05, 0.1) is 6.54 Å². The summed E-state index contributed by atoms with van der Waals surface area (Å²) in [5.41, 5.74) is 2.07. The van der Waals surface area contributed by atoms with Gasteiger partial charge >= 0.3 is 0 Å².